The van der Waals surface area contributed by atoms with Gasteiger partial charge in [-0.1, -0.05) is 62.7 Å². The molecule has 0 unspecified atom stereocenters. The number of H-pyrrole nitrogens is 1. The van der Waals surface area contributed by atoms with Gasteiger partial charge in [-0.2, -0.15) is 0 Å². The minimum Gasteiger partial charge on any atom is -0.296 e. The summed E-state index contributed by atoms with van der Waals surface area (Å²) in [6.45, 7) is 4.94. The van der Waals surface area contributed by atoms with Gasteiger partial charge in [0.25, 0.3) is 0 Å². The van der Waals surface area contributed by atoms with E-state index in [0.29, 0.717) is 12.4 Å². The van der Waals surface area contributed by atoms with E-state index >= 15 is 0 Å². The fraction of sp³-hybridized carbons (Fsp3) is 0.276. The minimum atomic E-state index is 0.0318. The number of aromatic nitrogens is 7. The average molecular weight is 494 g/mol. The fourth-order valence-electron chi connectivity index (χ4n) is 4.74. The van der Waals surface area contributed by atoms with Gasteiger partial charge >= 0.3 is 5.69 Å². The number of hydrogen-bond donors (Lipinski definition) is 1. The zero-order valence-corrected chi connectivity index (χ0v) is 21.3. The van der Waals surface area contributed by atoms with Gasteiger partial charge in [-0.25, -0.2) is 9.89 Å². The molecule has 2 aromatic carbocycles. The number of hydrogen-bond acceptors (Lipinski definition) is 5. The highest BCUT2D eigenvalue weighted by Crippen LogP contribution is 2.29. The standard InChI is InChI=1S/C29H31N7O/c1-3-5-9-24-20-36(27-10-7-6-8-22(27)4-2)29(37)35(24)18-16-21-11-13-23(14-12-21)26-19-30-17-15-25(26)28-31-33-34-32-28/h6-8,10-15,17,19-20H,3-5,9,16,18H2,1-2H3,(H,31,32,33,34). The fourth-order valence-corrected chi connectivity index (χ4v) is 4.74. The van der Waals surface area contributed by atoms with Crippen molar-refractivity contribution < 1.29 is 0 Å². The van der Waals surface area contributed by atoms with Gasteiger partial charge in [0, 0.05) is 42.0 Å². The quantitative estimate of drug-likeness (QED) is 0.295. The molecule has 0 atom stereocenters. The Morgan fingerprint density at radius 1 is 0.946 bits per heavy atom. The lowest BCUT2D eigenvalue weighted by molar-refractivity contribution is 0.619. The number of aryl methyl sites for hydroxylation is 3. The van der Waals surface area contributed by atoms with Gasteiger partial charge in [-0.3, -0.25) is 14.1 Å². The molecule has 0 aliphatic heterocycles. The van der Waals surface area contributed by atoms with Crippen LogP contribution in [0.1, 0.15) is 43.5 Å². The maximum Gasteiger partial charge on any atom is 0.332 e. The number of benzene rings is 2. The van der Waals surface area contributed by atoms with Crippen LogP contribution in [0.2, 0.25) is 0 Å². The molecular formula is C29H31N7O. The molecule has 0 saturated heterocycles. The number of nitrogens with zero attached hydrogens (tertiary/aromatic N) is 6. The summed E-state index contributed by atoms with van der Waals surface area (Å²) >= 11 is 0. The van der Waals surface area contributed by atoms with E-state index in [9.17, 15) is 4.79 Å². The van der Waals surface area contributed by atoms with Crippen LogP contribution in [0.4, 0.5) is 0 Å². The highest BCUT2D eigenvalue weighted by atomic mass is 16.1. The van der Waals surface area contributed by atoms with Crippen molar-refractivity contribution in [2.24, 2.45) is 0 Å². The molecule has 0 aliphatic rings. The van der Waals surface area contributed by atoms with Gasteiger partial charge in [0.05, 0.1) is 5.69 Å². The molecule has 0 spiro atoms. The molecule has 3 aromatic heterocycles. The van der Waals surface area contributed by atoms with Crippen LogP contribution in [-0.4, -0.2) is 34.7 Å². The smallest absolute Gasteiger partial charge is 0.296 e. The van der Waals surface area contributed by atoms with Crippen LogP contribution in [0.3, 0.4) is 0 Å². The third-order valence-corrected chi connectivity index (χ3v) is 6.79. The van der Waals surface area contributed by atoms with Crippen molar-refractivity contribution in [3.05, 3.63) is 100 Å². The van der Waals surface area contributed by atoms with Gasteiger partial charge in [-0.05, 0) is 64.9 Å². The lowest BCUT2D eigenvalue weighted by Crippen LogP contribution is -2.25. The molecule has 5 rings (SSSR count). The Kier molecular flexibility index (Phi) is 7.35. The van der Waals surface area contributed by atoms with Gasteiger partial charge in [0.2, 0.25) is 0 Å². The lowest BCUT2D eigenvalue weighted by Gasteiger charge is -2.10. The Balaban J connectivity index is 1.39. The maximum absolute atomic E-state index is 13.5. The molecule has 1 N–H and O–H groups in total. The molecule has 37 heavy (non-hydrogen) atoms. The Bertz CT molecular complexity index is 1510. The number of imidazole rings is 1. The van der Waals surface area contributed by atoms with Crippen molar-refractivity contribution in [2.75, 3.05) is 0 Å². The summed E-state index contributed by atoms with van der Waals surface area (Å²) in [6.07, 6.45) is 10.3. The van der Waals surface area contributed by atoms with Crippen LogP contribution in [0, 0.1) is 0 Å². The molecular weight excluding hydrogens is 462 g/mol. The van der Waals surface area contributed by atoms with E-state index < -0.39 is 0 Å². The van der Waals surface area contributed by atoms with Crippen molar-refractivity contribution in [1.29, 1.82) is 0 Å². The SMILES string of the molecule is CCCCc1cn(-c2ccccc2CC)c(=O)n1CCc1ccc(-c2cnccc2-c2nnn[nH]2)cc1. The van der Waals surface area contributed by atoms with Crippen molar-refractivity contribution >= 4 is 0 Å². The molecule has 0 aliphatic carbocycles. The van der Waals surface area contributed by atoms with E-state index in [0.717, 1.165) is 60.2 Å². The number of pyridine rings is 1. The first-order chi connectivity index (χ1) is 18.2. The predicted octanol–water partition coefficient (Wildman–Crippen LogP) is 5.03. The first-order valence-corrected chi connectivity index (χ1v) is 12.9. The van der Waals surface area contributed by atoms with E-state index in [1.165, 1.54) is 11.1 Å². The summed E-state index contributed by atoms with van der Waals surface area (Å²) in [5.74, 6) is 0.606. The number of nitrogens with one attached hydrogen (secondary N) is 1. The van der Waals surface area contributed by atoms with E-state index in [1.54, 1.807) is 6.20 Å². The van der Waals surface area contributed by atoms with Crippen molar-refractivity contribution in [2.45, 2.75) is 52.5 Å². The van der Waals surface area contributed by atoms with Crippen molar-refractivity contribution in [3.8, 4) is 28.2 Å². The van der Waals surface area contributed by atoms with Crippen molar-refractivity contribution in [1.82, 2.24) is 34.7 Å². The number of aromatic amines is 1. The Hall–Kier alpha value is -4.33. The van der Waals surface area contributed by atoms with E-state index in [-0.39, 0.29) is 5.69 Å². The third-order valence-electron chi connectivity index (χ3n) is 6.79. The molecule has 8 nitrogen and oxygen atoms in total. The zero-order chi connectivity index (χ0) is 25.6. The topological polar surface area (TPSA) is 94.3 Å². The van der Waals surface area contributed by atoms with Crippen LogP contribution in [0.5, 0.6) is 0 Å². The summed E-state index contributed by atoms with van der Waals surface area (Å²) in [5.41, 5.74) is 7.34. The maximum atomic E-state index is 13.5. The number of rotatable bonds is 10. The normalized spacial score (nSPS) is 11.2. The Labute approximate surface area is 216 Å². The predicted molar refractivity (Wildman–Crippen MR) is 145 cm³/mol. The second-order valence-corrected chi connectivity index (χ2v) is 9.13. The van der Waals surface area contributed by atoms with Crippen molar-refractivity contribution in [3.63, 3.8) is 0 Å². The lowest BCUT2D eigenvalue weighted by atomic mass is 10.00. The van der Waals surface area contributed by atoms with Gasteiger partial charge < -0.3 is 0 Å². The van der Waals surface area contributed by atoms with Gasteiger partial charge in [-0.15, -0.1) is 5.10 Å². The molecule has 0 saturated carbocycles. The summed E-state index contributed by atoms with van der Waals surface area (Å²) in [5, 5.41) is 14.3. The summed E-state index contributed by atoms with van der Waals surface area (Å²) in [6, 6.07) is 18.5. The summed E-state index contributed by atoms with van der Waals surface area (Å²) < 4.78 is 3.78. The van der Waals surface area contributed by atoms with Crippen LogP contribution >= 0.6 is 0 Å². The molecule has 0 fully saturated rings. The first kappa shape index (κ1) is 24.4. The number of para-hydroxylation sites is 1. The molecule has 0 radical (unpaired) electrons. The molecule has 0 bridgehead atoms. The van der Waals surface area contributed by atoms with Crippen LogP contribution in [-0.2, 0) is 25.8 Å². The monoisotopic (exact) mass is 493 g/mol. The van der Waals surface area contributed by atoms with Gasteiger partial charge in [0.1, 0.15) is 0 Å². The van der Waals surface area contributed by atoms with Crippen LogP contribution < -0.4 is 5.69 Å². The highest BCUT2D eigenvalue weighted by molar-refractivity contribution is 5.79. The van der Waals surface area contributed by atoms with E-state index in [2.05, 4.69) is 69.8 Å². The minimum absolute atomic E-state index is 0.0318. The van der Waals surface area contributed by atoms with Gasteiger partial charge in [0.15, 0.2) is 5.82 Å². The summed E-state index contributed by atoms with van der Waals surface area (Å²) in [4.78, 5) is 17.8. The molecule has 0 amide bonds. The first-order valence-electron chi connectivity index (χ1n) is 12.9. The Morgan fingerprint density at radius 2 is 1.78 bits per heavy atom. The summed E-state index contributed by atoms with van der Waals surface area (Å²) in [7, 11) is 0. The molecule has 5 aromatic rings. The van der Waals surface area contributed by atoms with E-state index in [1.807, 2.05) is 45.8 Å². The zero-order valence-electron chi connectivity index (χ0n) is 21.3. The molecule has 188 valence electrons. The number of tetrazole rings is 1. The third kappa shape index (κ3) is 5.14. The highest BCUT2D eigenvalue weighted by Gasteiger charge is 2.15. The second-order valence-electron chi connectivity index (χ2n) is 9.13. The second kappa shape index (κ2) is 11.2. The Morgan fingerprint density at radius 3 is 2.54 bits per heavy atom. The largest absolute Gasteiger partial charge is 0.332 e. The average Bonchev–Trinajstić information content (AvgIpc) is 3.59. The molecule has 3 heterocycles. The van der Waals surface area contributed by atoms with E-state index in [4.69, 9.17) is 0 Å². The number of unbranched alkanes of at least 4 members (excludes halogenated alkanes) is 1. The van der Waals surface area contributed by atoms with Crippen LogP contribution in [0.15, 0.2) is 78.0 Å². The molecule has 8 heteroatoms. The van der Waals surface area contributed by atoms with Crippen LogP contribution in [0.25, 0.3) is 28.2 Å².